The zero-order valence-electron chi connectivity index (χ0n) is 4.14. The standard InChI is InChI=1S/C4H2Cl2O2S/c5-3-1-2-4(6)9(3,7)8/h1-2H. The summed E-state index contributed by atoms with van der Waals surface area (Å²) in [6.07, 6.45) is 2.50. The Hall–Kier alpha value is 0.01000. The lowest BCUT2D eigenvalue weighted by molar-refractivity contribution is 0.611. The third kappa shape index (κ3) is 1.000. The first-order chi connectivity index (χ1) is 4.05. The predicted octanol–water partition coefficient (Wildman–Crippen LogP) is 1.58. The van der Waals surface area contributed by atoms with Crippen LogP contribution in [0.2, 0.25) is 0 Å². The highest BCUT2D eigenvalue weighted by atomic mass is 35.5. The van der Waals surface area contributed by atoms with Crippen molar-refractivity contribution in [3.8, 4) is 0 Å². The molecule has 1 heterocycles. The van der Waals surface area contributed by atoms with E-state index in [0.29, 0.717) is 0 Å². The van der Waals surface area contributed by atoms with Gasteiger partial charge < -0.3 is 0 Å². The van der Waals surface area contributed by atoms with Crippen molar-refractivity contribution >= 4 is 33.0 Å². The second-order valence-electron chi connectivity index (χ2n) is 1.44. The largest absolute Gasteiger partial charge is 0.228 e. The Bertz CT molecular complexity index is 262. The molecular weight excluding hydrogens is 183 g/mol. The topological polar surface area (TPSA) is 34.1 Å². The first-order valence-electron chi connectivity index (χ1n) is 2.03. The molecule has 0 radical (unpaired) electrons. The quantitative estimate of drug-likeness (QED) is 0.574. The molecule has 0 saturated carbocycles. The molecule has 0 atom stereocenters. The molecule has 1 rings (SSSR count). The van der Waals surface area contributed by atoms with Gasteiger partial charge in [-0.25, -0.2) is 8.42 Å². The number of hydrogen-bond acceptors (Lipinski definition) is 2. The lowest BCUT2D eigenvalue weighted by Gasteiger charge is -1.89. The highest BCUT2D eigenvalue weighted by molar-refractivity contribution is 8.02. The average molecular weight is 185 g/mol. The monoisotopic (exact) mass is 184 g/mol. The second-order valence-corrected chi connectivity index (χ2v) is 4.59. The van der Waals surface area contributed by atoms with Crippen molar-refractivity contribution in [2.24, 2.45) is 0 Å². The van der Waals surface area contributed by atoms with Gasteiger partial charge in [-0.3, -0.25) is 0 Å². The van der Waals surface area contributed by atoms with Crippen molar-refractivity contribution in [2.75, 3.05) is 0 Å². The van der Waals surface area contributed by atoms with E-state index < -0.39 is 9.84 Å². The van der Waals surface area contributed by atoms with Gasteiger partial charge in [-0.2, -0.15) is 0 Å². The second kappa shape index (κ2) is 2.01. The van der Waals surface area contributed by atoms with E-state index in [2.05, 4.69) is 0 Å². The van der Waals surface area contributed by atoms with Gasteiger partial charge in [-0.15, -0.1) is 0 Å². The van der Waals surface area contributed by atoms with Gasteiger partial charge in [-0.1, -0.05) is 23.2 Å². The first kappa shape index (κ1) is 7.12. The van der Waals surface area contributed by atoms with Crippen LogP contribution in [0.4, 0.5) is 0 Å². The summed E-state index contributed by atoms with van der Waals surface area (Å²) in [7, 11) is -3.45. The van der Waals surface area contributed by atoms with Crippen LogP contribution in [0.15, 0.2) is 20.9 Å². The van der Waals surface area contributed by atoms with Gasteiger partial charge in [0.05, 0.1) is 0 Å². The van der Waals surface area contributed by atoms with Crippen LogP contribution >= 0.6 is 23.2 Å². The number of rotatable bonds is 0. The minimum absolute atomic E-state index is 0.215. The van der Waals surface area contributed by atoms with Crippen LogP contribution in [0.5, 0.6) is 0 Å². The van der Waals surface area contributed by atoms with E-state index in [1.54, 1.807) is 0 Å². The fourth-order valence-corrected chi connectivity index (χ4v) is 1.83. The number of allylic oxidation sites excluding steroid dienone is 2. The molecule has 2 nitrogen and oxygen atoms in total. The van der Waals surface area contributed by atoms with Gasteiger partial charge in [0, 0.05) is 0 Å². The predicted molar refractivity (Wildman–Crippen MR) is 36.8 cm³/mol. The molecule has 0 unspecified atom stereocenters. The van der Waals surface area contributed by atoms with Crippen molar-refractivity contribution < 1.29 is 8.42 Å². The van der Waals surface area contributed by atoms with E-state index in [4.69, 9.17) is 23.2 Å². The molecule has 1 aliphatic rings. The van der Waals surface area contributed by atoms with Crippen LogP contribution < -0.4 is 0 Å². The summed E-state index contributed by atoms with van der Waals surface area (Å²) >= 11 is 10.5. The Balaban J connectivity index is 3.29. The minimum Gasteiger partial charge on any atom is -0.217 e. The number of halogens is 2. The van der Waals surface area contributed by atoms with Gasteiger partial charge in [0.1, 0.15) is 8.73 Å². The Morgan fingerprint density at radius 3 is 1.56 bits per heavy atom. The van der Waals surface area contributed by atoms with E-state index >= 15 is 0 Å². The lowest BCUT2D eigenvalue weighted by atomic mass is 10.6. The molecule has 0 N–H and O–H groups in total. The molecule has 5 heteroatoms. The fourth-order valence-electron chi connectivity index (χ4n) is 0.403. The summed E-state index contributed by atoms with van der Waals surface area (Å²) in [6.45, 7) is 0. The van der Waals surface area contributed by atoms with Gasteiger partial charge in [0.25, 0.3) is 0 Å². The Labute approximate surface area is 62.7 Å². The summed E-state index contributed by atoms with van der Waals surface area (Å²) in [4.78, 5) is 0. The van der Waals surface area contributed by atoms with E-state index in [1.165, 1.54) is 12.2 Å². The number of hydrogen-bond donors (Lipinski definition) is 0. The zero-order chi connectivity index (χ0) is 7.07. The van der Waals surface area contributed by atoms with Gasteiger partial charge in [0.15, 0.2) is 0 Å². The van der Waals surface area contributed by atoms with Gasteiger partial charge >= 0.3 is 0 Å². The summed E-state index contributed by atoms with van der Waals surface area (Å²) in [5.74, 6) is 0. The number of sulfone groups is 1. The van der Waals surface area contributed by atoms with E-state index in [0.717, 1.165) is 0 Å². The Morgan fingerprint density at radius 1 is 1.11 bits per heavy atom. The van der Waals surface area contributed by atoms with E-state index in [-0.39, 0.29) is 8.73 Å². The van der Waals surface area contributed by atoms with Crippen molar-refractivity contribution in [1.29, 1.82) is 0 Å². The maximum Gasteiger partial charge on any atom is 0.228 e. The highest BCUT2D eigenvalue weighted by Gasteiger charge is 2.23. The van der Waals surface area contributed by atoms with Crippen LogP contribution in [0, 0.1) is 0 Å². The zero-order valence-corrected chi connectivity index (χ0v) is 6.46. The summed E-state index contributed by atoms with van der Waals surface area (Å²) in [5, 5.41) is 0. The molecule has 1 aliphatic heterocycles. The minimum atomic E-state index is -3.45. The van der Waals surface area contributed by atoms with Gasteiger partial charge in [-0.05, 0) is 12.2 Å². The average Bonchev–Trinajstić information content (AvgIpc) is 1.96. The molecule has 0 spiro atoms. The molecule has 0 aromatic rings. The smallest absolute Gasteiger partial charge is 0.217 e. The van der Waals surface area contributed by atoms with Crippen molar-refractivity contribution in [3.63, 3.8) is 0 Å². The third-order valence-electron chi connectivity index (χ3n) is 0.859. The van der Waals surface area contributed by atoms with E-state index in [1.807, 2.05) is 0 Å². The van der Waals surface area contributed by atoms with Crippen LogP contribution in [0.1, 0.15) is 0 Å². The Kier molecular flexibility index (Phi) is 1.59. The van der Waals surface area contributed by atoms with Crippen LogP contribution in [0.3, 0.4) is 0 Å². The van der Waals surface area contributed by atoms with E-state index in [9.17, 15) is 8.42 Å². The van der Waals surface area contributed by atoms with Crippen molar-refractivity contribution in [3.05, 3.63) is 20.9 Å². The molecule has 0 saturated heterocycles. The van der Waals surface area contributed by atoms with Crippen molar-refractivity contribution in [2.45, 2.75) is 0 Å². The molecule has 0 fully saturated rings. The lowest BCUT2D eigenvalue weighted by Crippen LogP contribution is -1.93. The third-order valence-corrected chi connectivity index (χ3v) is 3.63. The fraction of sp³-hybridized carbons (Fsp3) is 0. The maximum atomic E-state index is 10.7. The Morgan fingerprint density at radius 2 is 1.44 bits per heavy atom. The highest BCUT2D eigenvalue weighted by Crippen LogP contribution is 2.28. The molecule has 0 aromatic heterocycles. The SMILES string of the molecule is O=S1(=O)C(Cl)=CC=C1Cl. The maximum absolute atomic E-state index is 10.7. The molecule has 0 bridgehead atoms. The molecule has 0 amide bonds. The molecule has 0 aliphatic carbocycles. The summed E-state index contributed by atoms with van der Waals surface area (Å²) in [6, 6.07) is 0. The van der Waals surface area contributed by atoms with Gasteiger partial charge in [0.2, 0.25) is 9.84 Å². The molecule has 9 heavy (non-hydrogen) atoms. The molecule has 50 valence electrons. The molecule has 0 aromatic carbocycles. The van der Waals surface area contributed by atoms with Crippen molar-refractivity contribution in [1.82, 2.24) is 0 Å². The summed E-state index contributed by atoms with van der Waals surface area (Å²) < 4.78 is 21.0. The first-order valence-corrected chi connectivity index (χ1v) is 4.27. The molecular formula is C4H2Cl2O2S. The van der Waals surface area contributed by atoms with Crippen LogP contribution in [0.25, 0.3) is 0 Å². The van der Waals surface area contributed by atoms with Crippen LogP contribution in [-0.4, -0.2) is 8.42 Å². The summed E-state index contributed by atoms with van der Waals surface area (Å²) in [5.41, 5.74) is 0. The van der Waals surface area contributed by atoms with Crippen LogP contribution in [-0.2, 0) is 9.84 Å². The normalized spacial score (nSPS) is 23.3.